The van der Waals surface area contributed by atoms with Crippen molar-refractivity contribution < 1.29 is 18.3 Å². The second-order valence-electron chi connectivity index (χ2n) is 4.87. The molecular weight excluding hydrogens is 348 g/mol. The number of anilines is 1. The monoisotopic (exact) mass is 365 g/mol. The van der Waals surface area contributed by atoms with E-state index in [0.717, 1.165) is 5.69 Å². The first-order valence-corrected chi connectivity index (χ1v) is 7.70. The van der Waals surface area contributed by atoms with Crippen LogP contribution in [0.4, 0.5) is 14.5 Å². The Balaban J connectivity index is 2.04. The van der Waals surface area contributed by atoms with Gasteiger partial charge in [-0.3, -0.25) is 5.43 Å². The molecule has 0 heterocycles. The summed E-state index contributed by atoms with van der Waals surface area (Å²) in [5, 5.41) is 7.31. The van der Waals surface area contributed by atoms with Crippen LogP contribution in [-0.4, -0.2) is 24.5 Å². The summed E-state index contributed by atoms with van der Waals surface area (Å²) in [6.07, 6.45) is 0. The maximum absolute atomic E-state index is 12.5. The van der Waals surface area contributed by atoms with Crippen molar-refractivity contribution >= 4 is 28.7 Å². The third kappa shape index (κ3) is 5.68. The molecule has 8 heteroatoms. The number of hydrazone groups is 1. The predicted molar refractivity (Wildman–Crippen MR) is 97.6 cm³/mol. The summed E-state index contributed by atoms with van der Waals surface area (Å²) in [5.41, 5.74) is 4.29. The highest BCUT2D eigenvalue weighted by atomic mass is 32.1. The topological polar surface area (TPSA) is 54.9 Å². The molecule has 0 aliphatic heterocycles. The van der Waals surface area contributed by atoms with Gasteiger partial charge in [0.2, 0.25) is 0 Å². The fourth-order valence-corrected chi connectivity index (χ4v) is 2.18. The molecule has 0 fully saturated rings. The van der Waals surface area contributed by atoms with Crippen molar-refractivity contribution in [3.63, 3.8) is 0 Å². The fraction of sp³-hybridized carbons (Fsp3) is 0.176. The van der Waals surface area contributed by atoms with Crippen molar-refractivity contribution in [2.45, 2.75) is 13.5 Å². The number of thiocarbonyl (C=S) groups is 1. The van der Waals surface area contributed by atoms with Crippen molar-refractivity contribution in [2.24, 2.45) is 5.10 Å². The Morgan fingerprint density at radius 3 is 2.64 bits per heavy atom. The van der Waals surface area contributed by atoms with Crippen LogP contribution in [0.2, 0.25) is 0 Å². The van der Waals surface area contributed by atoms with Crippen molar-refractivity contribution in [1.82, 2.24) is 5.43 Å². The standard InChI is InChI=1S/C17H17F2N3O2S/c1-11(14-8-3-4-9-15(14)24-16(18)19)21-22-17(25)20-12-6-5-7-13(10-12)23-2/h3-10,16H,1-2H3,(H2,20,22,25). The normalized spacial score (nSPS) is 11.2. The number of hydrogen-bond donors (Lipinski definition) is 2. The van der Waals surface area contributed by atoms with Gasteiger partial charge in [0.05, 0.1) is 12.8 Å². The summed E-state index contributed by atoms with van der Waals surface area (Å²) in [4.78, 5) is 0. The van der Waals surface area contributed by atoms with Crippen LogP contribution < -0.4 is 20.2 Å². The summed E-state index contributed by atoms with van der Waals surface area (Å²) in [6, 6.07) is 13.6. The molecule has 0 atom stereocenters. The Morgan fingerprint density at radius 1 is 1.16 bits per heavy atom. The van der Waals surface area contributed by atoms with Crippen LogP contribution in [0.1, 0.15) is 12.5 Å². The number of ether oxygens (including phenoxy) is 2. The van der Waals surface area contributed by atoms with Crippen molar-refractivity contribution in [1.29, 1.82) is 0 Å². The third-order valence-corrected chi connectivity index (χ3v) is 3.34. The smallest absolute Gasteiger partial charge is 0.387 e. The summed E-state index contributed by atoms with van der Waals surface area (Å²) >= 11 is 5.17. The Morgan fingerprint density at radius 2 is 1.92 bits per heavy atom. The molecule has 2 aromatic rings. The molecular formula is C17H17F2N3O2S. The van der Waals surface area contributed by atoms with Gasteiger partial charge in [0.25, 0.3) is 0 Å². The lowest BCUT2D eigenvalue weighted by molar-refractivity contribution is -0.0499. The van der Waals surface area contributed by atoms with Crippen LogP contribution in [0, 0.1) is 0 Å². The molecule has 0 saturated heterocycles. The number of halogens is 2. The van der Waals surface area contributed by atoms with Crippen LogP contribution in [0.3, 0.4) is 0 Å². The van der Waals surface area contributed by atoms with Gasteiger partial charge in [-0.1, -0.05) is 18.2 Å². The Labute approximate surface area is 149 Å². The first-order chi connectivity index (χ1) is 12.0. The number of nitrogens with one attached hydrogen (secondary N) is 2. The van der Waals surface area contributed by atoms with Crippen LogP contribution in [0.15, 0.2) is 53.6 Å². The molecule has 0 radical (unpaired) electrons. The quantitative estimate of drug-likeness (QED) is 0.460. The molecule has 5 nitrogen and oxygen atoms in total. The van der Waals surface area contributed by atoms with Gasteiger partial charge >= 0.3 is 6.61 Å². The zero-order chi connectivity index (χ0) is 18.2. The molecule has 0 amide bonds. The average Bonchev–Trinajstić information content (AvgIpc) is 2.60. The fourth-order valence-electron chi connectivity index (χ4n) is 2.02. The van der Waals surface area contributed by atoms with E-state index >= 15 is 0 Å². The second-order valence-corrected chi connectivity index (χ2v) is 5.28. The number of benzene rings is 2. The number of nitrogens with zero attached hydrogens (tertiary/aromatic N) is 1. The minimum atomic E-state index is -2.90. The number of methoxy groups -OCH3 is 1. The lowest BCUT2D eigenvalue weighted by Gasteiger charge is -2.11. The molecule has 0 bridgehead atoms. The summed E-state index contributed by atoms with van der Waals surface area (Å²) in [5.74, 6) is 0.734. The Bertz CT molecular complexity index is 769. The van der Waals surface area contributed by atoms with Gasteiger partial charge in [0.15, 0.2) is 5.11 Å². The van der Waals surface area contributed by atoms with Gasteiger partial charge < -0.3 is 14.8 Å². The first-order valence-electron chi connectivity index (χ1n) is 7.29. The number of hydrogen-bond acceptors (Lipinski definition) is 4. The van der Waals surface area contributed by atoms with Crippen LogP contribution in [-0.2, 0) is 0 Å². The second kappa shape index (κ2) is 8.93. The van der Waals surface area contributed by atoms with Gasteiger partial charge in [-0.25, -0.2) is 0 Å². The van der Waals surface area contributed by atoms with E-state index in [1.54, 1.807) is 38.3 Å². The SMILES string of the molecule is COc1cccc(NC(=S)NN=C(C)c2ccccc2OC(F)F)c1. The van der Waals surface area contributed by atoms with Gasteiger partial charge in [-0.15, -0.1) is 0 Å². The lowest BCUT2D eigenvalue weighted by Crippen LogP contribution is -2.25. The zero-order valence-electron chi connectivity index (χ0n) is 13.6. The summed E-state index contributed by atoms with van der Waals surface area (Å²) in [7, 11) is 1.57. The molecule has 0 aliphatic carbocycles. The van der Waals surface area contributed by atoms with Crippen molar-refractivity contribution in [2.75, 3.05) is 12.4 Å². The number of rotatable bonds is 6. The molecule has 2 N–H and O–H groups in total. The van der Waals surface area contributed by atoms with Crippen molar-refractivity contribution in [3.8, 4) is 11.5 Å². The first kappa shape index (κ1) is 18.6. The predicted octanol–water partition coefficient (Wildman–Crippen LogP) is 4.01. The maximum Gasteiger partial charge on any atom is 0.387 e. The van der Waals surface area contributed by atoms with Crippen LogP contribution >= 0.6 is 12.2 Å². The Hall–Kier alpha value is -2.74. The van der Waals surface area contributed by atoms with Gasteiger partial charge in [0.1, 0.15) is 11.5 Å². The van der Waals surface area contributed by atoms with Crippen molar-refractivity contribution in [3.05, 3.63) is 54.1 Å². The summed E-state index contributed by atoms with van der Waals surface area (Å²) < 4.78 is 34.5. The van der Waals surface area contributed by atoms with E-state index in [-0.39, 0.29) is 10.9 Å². The molecule has 0 aromatic heterocycles. The van der Waals surface area contributed by atoms with E-state index in [1.165, 1.54) is 6.07 Å². The molecule has 0 saturated carbocycles. The number of para-hydroxylation sites is 1. The molecule has 2 aromatic carbocycles. The molecule has 0 aliphatic rings. The number of alkyl halides is 2. The molecule has 2 rings (SSSR count). The van der Waals surface area contributed by atoms with E-state index in [1.807, 2.05) is 18.2 Å². The molecule has 25 heavy (non-hydrogen) atoms. The molecule has 0 spiro atoms. The highest BCUT2D eigenvalue weighted by molar-refractivity contribution is 7.80. The van der Waals surface area contributed by atoms with Gasteiger partial charge in [-0.2, -0.15) is 13.9 Å². The largest absolute Gasteiger partial charge is 0.497 e. The molecule has 0 unspecified atom stereocenters. The van der Waals surface area contributed by atoms with E-state index in [2.05, 4.69) is 20.6 Å². The van der Waals surface area contributed by atoms with Gasteiger partial charge in [0, 0.05) is 17.3 Å². The minimum Gasteiger partial charge on any atom is -0.497 e. The van der Waals surface area contributed by atoms with Crippen LogP contribution in [0.25, 0.3) is 0 Å². The van der Waals surface area contributed by atoms with Crippen LogP contribution in [0.5, 0.6) is 11.5 Å². The zero-order valence-corrected chi connectivity index (χ0v) is 14.4. The minimum absolute atomic E-state index is 0.0484. The van der Waals surface area contributed by atoms with E-state index in [4.69, 9.17) is 17.0 Å². The molecule has 132 valence electrons. The van der Waals surface area contributed by atoms with Gasteiger partial charge in [-0.05, 0) is 43.4 Å². The highest BCUT2D eigenvalue weighted by Crippen LogP contribution is 2.21. The average molecular weight is 365 g/mol. The lowest BCUT2D eigenvalue weighted by atomic mass is 10.1. The third-order valence-electron chi connectivity index (χ3n) is 3.15. The summed E-state index contributed by atoms with van der Waals surface area (Å²) in [6.45, 7) is -1.24. The Kier molecular flexibility index (Phi) is 6.64. The highest BCUT2D eigenvalue weighted by Gasteiger charge is 2.11. The van der Waals surface area contributed by atoms with E-state index in [0.29, 0.717) is 17.0 Å². The van der Waals surface area contributed by atoms with E-state index in [9.17, 15) is 8.78 Å². The maximum atomic E-state index is 12.5. The van der Waals surface area contributed by atoms with E-state index < -0.39 is 6.61 Å².